The number of nitrogens with two attached hydrogens (primary N) is 1. The Kier molecular flexibility index (Phi) is 6.15. The lowest BCUT2D eigenvalue weighted by atomic mass is 10.0. The largest absolute Gasteiger partial charge is 0.467 e. The second-order valence-corrected chi connectivity index (χ2v) is 6.79. The summed E-state index contributed by atoms with van der Waals surface area (Å²) in [6.45, 7) is -1.90. The standard InChI is InChI=1S/C17H13ClF5N5O3/c18-12-8(19)2-1-7(13(12)20)14(28-5-10(15(24)29)27-16(28)30)9-3-26-11(4-25-9)31-6-17(21,22)23/h1-4,10,14H,5-6H2,(H2,24,29)(H,27,30)/t10?,14-/m1/s1. The molecule has 0 spiro atoms. The number of urea groups is 1. The normalized spacial score (nSPS) is 17.4. The van der Waals surface area contributed by atoms with Crippen LogP contribution in [0.2, 0.25) is 5.02 Å². The van der Waals surface area contributed by atoms with Crippen LogP contribution in [-0.4, -0.2) is 52.2 Å². The summed E-state index contributed by atoms with van der Waals surface area (Å²) < 4.78 is 69.7. The number of benzene rings is 1. The molecule has 0 radical (unpaired) electrons. The summed E-state index contributed by atoms with van der Waals surface area (Å²) in [6.07, 6.45) is -2.80. The van der Waals surface area contributed by atoms with Crippen LogP contribution in [-0.2, 0) is 4.79 Å². The number of nitrogens with zero attached hydrogens (tertiary/aromatic N) is 3. The van der Waals surface area contributed by atoms with Crippen molar-refractivity contribution >= 4 is 23.5 Å². The van der Waals surface area contributed by atoms with E-state index in [1.54, 1.807) is 0 Å². The number of alkyl halides is 3. The Morgan fingerprint density at radius 2 is 2.03 bits per heavy atom. The first-order chi connectivity index (χ1) is 14.5. The second kappa shape index (κ2) is 8.49. The molecule has 0 saturated carbocycles. The van der Waals surface area contributed by atoms with Crippen LogP contribution in [0.3, 0.4) is 0 Å². The van der Waals surface area contributed by atoms with Gasteiger partial charge >= 0.3 is 12.2 Å². The number of halogens is 6. The Balaban J connectivity index is 2.00. The molecule has 1 aromatic heterocycles. The van der Waals surface area contributed by atoms with Gasteiger partial charge in [-0.2, -0.15) is 13.2 Å². The molecule has 14 heteroatoms. The summed E-state index contributed by atoms with van der Waals surface area (Å²) >= 11 is 5.64. The molecule has 3 N–H and O–H groups in total. The summed E-state index contributed by atoms with van der Waals surface area (Å²) in [6, 6.07) is -1.39. The molecular formula is C17H13ClF5N5O3. The predicted molar refractivity (Wildman–Crippen MR) is 95.0 cm³/mol. The number of ether oxygens (including phenoxy) is 1. The Morgan fingerprint density at radius 3 is 2.58 bits per heavy atom. The lowest BCUT2D eigenvalue weighted by Crippen LogP contribution is -2.39. The van der Waals surface area contributed by atoms with E-state index in [0.717, 1.165) is 29.4 Å². The van der Waals surface area contributed by atoms with Crippen molar-refractivity contribution in [3.63, 3.8) is 0 Å². The summed E-state index contributed by atoms with van der Waals surface area (Å²) in [5, 5.41) is 1.46. The van der Waals surface area contributed by atoms with Gasteiger partial charge in [0.05, 0.1) is 24.6 Å². The highest BCUT2D eigenvalue weighted by molar-refractivity contribution is 6.31. The Bertz CT molecular complexity index is 1000. The van der Waals surface area contributed by atoms with Crippen molar-refractivity contribution in [2.45, 2.75) is 18.3 Å². The zero-order valence-corrected chi connectivity index (χ0v) is 16.0. The van der Waals surface area contributed by atoms with E-state index < -0.39 is 59.3 Å². The maximum absolute atomic E-state index is 14.7. The van der Waals surface area contributed by atoms with Gasteiger partial charge in [-0.1, -0.05) is 17.7 Å². The molecule has 1 unspecified atom stereocenters. The van der Waals surface area contributed by atoms with Gasteiger partial charge in [0.1, 0.15) is 28.7 Å². The molecule has 2 heterocycles. The van der Waals surface area contributed by atoms with Crippen LogP contribution in [0.5, 0.6) is 5.88 Å². The van der Waals surface area contributed by atoms with Crippen LogP contribution in [0.1, 0.15) is 17.3 Å². The summed E-state index contributed by atoms with van der Waals surface area (Å²) in [4.78, 5) is 32.4. The first-order valence-electron chi connectivity index (χ1n) is 8.49. The van der Waals surface area contributed by atoms with Crippen molar-refractivity contribution in [3.8, 4) is 5.88 Å². The highest BCUT2D eigenvalue weighted by atomic mass is 35.5. The van der Waals surface area contributed by atoms with Crippen molar-refractivity contribution in [3.05, 3.63) is 52.4 Å². The van der Waals surface area contributed by atoms with Gasteiger partial charge in [-0.05, 0) is 6.07 Å². The van der Waals surface area contributed by atoms with E-state index in [0.29, 0.717) is 0 Å². The Morgan fingerprint density at radius 1 is 1.32 bits per heavy atom. The zero-order valence-electron chi connectivity index (χ0n) is 15.3. The molecular weight excluding hydrogens is 453 g/mol. The van der Waals surface area contributed by atoms with Crippen molar-refractivity contribution < 1.29 is 36.3 Å². The maximum atomic E-state index is 14.7. The van der Waals surface area contributed by atoms with Gasteiger partial charge in [-0.3, -0.25) is 9.78 Å². The van der Waals surface area contributed by atoms with Gasteiger partial charge in [0.25, 0.3) is 0 Å². The second-order valence-electron chi connectivity index (χ2n) is 6.41. The molecule has 1 fully saturated rings. The van der Waals surface area contributed by atoms with Crippen LogP contribution in [0.4, 0.5) is 26.7 Å². The topological polar surface area (TPSA) is 110 Å². The molecule has 2 aromatic rings. The first-order valence-corrected chi connectivity index (χ1v) is 8.87. The predicted octanol–water partition coefficient (Wildman–Crippen LogP) is 2.32. The molecule has 3 rings (SSSR count). The maximum Gasteiger partial charge on any atom is 0.422 e. The van der Waals surface area contributed by atoms with Crippen LogP contribution >= 0.6 is 11.6 Å². The third-order valence-corrected chi connectivity index (χ3v) is 4.61. The van der Waals surface area contributed by atoms with Crippen LogP contribution in [0.15, 0.2) is 24.5 Å². The molecule has 1 aromatic carbocycles. The highest BCUT2D eigenvalue weighted by Gasteiger charge is 2.40. The molecule has 31 heavy (non-hydrogen) atoms. The lowest BCUT2D eigenvalue weighted by Gasteiger charge is -2.27. The molecule has 1 aliphatic heterocycles. The van der Waals surface area contributed by atoms with Gasteiger partial charge < -0.3 is 20.7 Å². The fourth-order valence-electron chi connectivity index (χ4n) is 2.88. The van der Waals surface area contributed by atoms with E-state index in [1.807, 2.05) is 0 Å². The monoisotopic (exact) mass is 465 g/mol. The number of hydrogen-bond acceptors (Lipinski definition) is 5. The molecule has 0 bridgehead atoms. The van der Waals surface area contributed by atoms with Crippen molar-refractivity contribution in [2.24, 2.45) is 5.73 Å². The minimum Gasteiger partial charge on any atom is -0.467 e. The SMILES string of the molecule is NC(=O)C1CN([C@@H](c2cnc(OCC(F)(F)F)cn2)c2ccc(F)c(Cl)c2F)C(=O)N1. The van der Waals surface area contributed by atoms with Gasteiger partial charge in [-0.15, -0.1) is 0 Å². The average Bonchev–Trinajstić information content (AvgIpc) is 3.08. The molecule has 8 nitrogen and oxygen atoms in total. The lowest BCUT2D eigenvalue weighted by molar-refractivity contribution is -0.154. The van der Waals surface area contributed by atoms with E-state index in [1.165, 1.54) is 0 Å². The van der Waals surface area contributed by atoms with Crippen LogP contribution < -0.4 is 15.8 Å². The average molecular weight is 466 g/mol. The van der Waals surface area contributed by atoms with Gasteiger partial charge in [-0.25, -0.2) is 18.6 Å². The van der Waals surface area contributed by atoms with E-state index in [4.69, 9.17) is 17.3 Å². The van der Waals surface area contributed by atoms with Gasteiger partial charge in [0.2, 0.25) is 11.8 Å². The van der Waals surface area contributed by atoms with Gasteiger partial charge in [0.15, 0.2) is 6.61 Å². The highest BCUT2D eigenvalue weighted by Crippen LogP contribution is 2.34. The summed E-state index contributed by atoms with van der Waals surface area (Å²) in [5.74, 6) is -3.57. The molecule has 1 saturated heterocycles. The molecule has 0 aliphatic carbocycles. The van der Waals surface area contributed by atoms with Crippen molar-refractivity contribution in [2.75, 3.05) is 13.2 Å². The summed E-state index contributed by atoms with van der Waals surface area (Å²) in [5.41, 5.74) is 4.80. The van der Waals surface area contributed by atoms with E-state index in [-0.39, 0.29) is 17.8 Å². The number of rotatable bonds is 6. The first kappa shape index (κ1) is 22.5. The Hall–Kier alpha value is -3.22. The van der Waals surface area contributed by atoms with E-state index >= 15 is 0 Å². The van der Waals surface area contributed by atoms with Crippen molar-refractivity contribution in [1.29, 1.82) is 0 Å². The fourth-order valence-corrected chi connectivity index (χ4v) is 3.05. The van der Waals surface area contributed by atoms with Gasteiger partial charge in [0, 0.05) is 5.56 Å². The summed E-state index contributed by atoms with van der Waals surface area (Å²) in [7, 11) is 0. The van der Waals surface area contributed by atoms with E-state index in [9.17, 15) is 31.5 Å². The van der Waals surface area contributed by atoms with Crippen LogP contribution in [0, 0.1) is 11.6 Å². The van der Waals surface area contributed by atoms with E-state index in [2.05, 4.69) is 20.0 Å². The number of hydrogen-bond donors (Lipinski definition) is 2. The smallest absolute Gasteiger partial charge is 0.422 e. The molecule has 166 valence electrons. The zero-order chi connectivity index (χ0) is 22.9. The molecule has 1 aliphatic rings. The fraction of sp³-hybridized carbons (Fsp3) is 0.294. The number of carbonyl (C=O) groups excluding carboxylic acids is 2. The number of primary amides is 1. The number of nitrogens with one attached hydrogen (secondary N) is 1. The van der Waals surface area contributed by atoms with Crippen molar-refractivity contribution in [1.82, 2.24) is 20.2 Å². The number of amides is 3. The third kappa shape index (κ3) is 4.93. The number of aromatic nitrogens is 2. The molecule has 2 atom stereocenters. The Labute approximate surface area is 176 Å². The minimum atomic E-state index is -4.60. The third-order valence-electron chi connectivity index (χ3n) is 4.26. The van der Waals surface area contributed by atoms with Crippen LogP contribution in [0.25, 0.3) is 0 Å². The number of carbonyl (C=O) groups is 2. The molecule has 3 amide bonds. The quantitative estimate of drug-likeness (QED) is 0.502. The minimum absolute atomic E-state index is 0.110.